The van der Waals surface area contributed by atoms with Crippen molar-refractivity contribution >= 4 is 11.0 Å². The van der Waals surface area contributed by atoms with Gasteiger partial charge in [0.05, 0.1) is 13.7 Å². The van der Waals surface area contributed by atoms with Gasteiger partial charge in [0.1, 0.15) is 30.8 Å². The summed E-state index contributed by atoms with van der Waals surface area (Å²) in [6, 6.07) is 15.7. The molecule has 0 spiro atoms. The molecule has 0 radical (unpaired) electrons. The Labute approximate surface area is 154 Å². The summed E-state index contributed by atoms with van der Waals surface area (Å²) in [7, 11) is 1.63. The third-order valence-corrected chi connectivity index (χ3v) is 4.61. The first-order chi connectivity index (χ1) is 12.7. The van der Waals surface area contributed by atoms with Crippen LogP contribution in [0.25, 0.3) is 11.0 Å². The van der Waals surface area contributed by atoms with Gasteiger partial charge < -0.3 is 14.6 Å². The van der Waals surface area contributed by atoms with Gasteiger partial charge in [-0.05, 0) is 43.3 Å². The van der Waals surface area contributed by atoms with Crippen LogP contribution in [0.1, 0.15) is 19.7 Å². The van der Waals surface area contributed by atoms with Crippen LogP contribution in [0.15, 0.2) is 48.5 Å². The Morgan fingerprint density at radius 3 is 2.38 bits per heavy atom. The normalized spacial score (nSPS) is 12.3. The molecule has 1 aromatic heterocycles. The third-order valence-electron chi connectivity index (χ3n) is 4.61. The molecule has 0 aliphatic heterocycles. The van der Waals surface area contributed by atoms with E-state index in [1.807, 2.05) is 30.3 Å². The number of methoxy groups -OCH3 is 1. The molecule has 0 saturated carbocycles. The van der Waals surface area contributed by atoms with Crippen molar-refractivity contribution in [2.45, 2.75) is 39.5 Å². The van der Waals surface area contributed by atoms with Gasteiger partial charge in [0.25, 0.3) is 5.82 Å². The largest absolute Gasteiger partial charge is 0.497 e. The number of para-hydroxylation sites is 2. The van der Waals surface area contributed by atoms with Gasteiger partial charge in [0, 0.05) is 6.42 Å². The molecule has 0 unspecified atom stereocenters. The number of rotatable bonds is 8. The van der Waals surface area contributed by atoms with E-state index in [2.05, 4.69) is 41.2 Å². The number of aromatic nitrogens is 2. The van der Waals surface area contributed by atoms with Crippen molar-refractivity contribution in [2.24, 2.45) is 0 Å². The Morgan fingerprint density at radius 2 is 1.73 bits per heavy atom. The average molecular weight is 355 g/mol. The number of ether oxygens (including phenoxy) is 2. The van der Waals surface area contributed by atoms with Crippen LogP contribution in [0.3, 0.4) is 0 Å². The van der Waals surface area contributed by atoms with Crippen LogP contribution in [0.4, 0.5) is 0 Å². The number of hydrogen-bond acceptors (Lipinski definition) is 3. The van der Waals surface area contributed by atoms with Crippen LogP contribution < -0.4 is 14.0 Å². The van der Waals surface area contributed by atoms with Gasteiger partial charge in [-0.3, -0.25) is 0 Å². The molecule has 0 aliphatic carbocycles. The molecular formula is C21H27N2O3+. The fraction of sp³-hybridized carbons (Fsp3) is 0.381. The predicted octanol–water partition coefficient (Wildman–Crippen LogP) is 2.96. The summed E-state index contributed by atoms with van der Waals surface area (Å²) in [4.78, 5) is 0. The third kappa shape index (κ3) is 3.68. The molecule has 1 heterocycles. The van der Waals surface area contributed by atoms with Crippen molar-refractivity contribution < 1.29 is 19.1 Å². The summed E-state index contributed by atoms with van der Waals surface area (Å²) >= 11 is 0. The van der Waals surface area contributed by atoms with E-state index in [0.29, 0.717) is 6.54 Å². The predicted molar refractivity (Wildman–Crippen MR) is 102 cm³/mol. The van der Waals surface area contributed by atoms with E-state index in [1.165, 1.54) is 11.3 Å². The molecule has 0 saturated heterocycles. The van der Waals surface area contributed by atoms with E-state index >= 15 is 0 Å². The van der Waals surface area contributed by atoms with E-state index in [9.17, 15) is 5.11 Å². The highest BCUT2D eigenvalue weighted by molar-refractivity contribution is 5.72. The van der Waals surface area contributed by atoms with Crippen molar-refractivity contribution in [3.63, 3.8) is 0 Å². The van der Waals surface area contributed by atoms with Crippen LogP contribution in [0, 0.1) is 0 Å². The second-order valence-electron chi connectivity index (χ2n) is 6.25. The van der Waals surface area contributed by atoms with Gasteiger partial charge in [-0.1, -0.05) is 19.1 Å². The molecule has 1 N–H and O–H groups in total. The Morgan fingerprint density at radius 1 is 1.04 bits per heavy atom. The first-order valence-electron chi connectivity index (χ1n) is 9.12. The monoisotopic (exact) mass is 355 g/mol. The van der Waals surface area contributed by atoms with Gasteiger partial charge in [-0.25, -0.2) is 9.13 Å². The van der Waals surface area contributed by atoms with Gasteiger partial charge in [0.15, 0.2) is 11.0 Å². The van der Waals surface area contributed by atoms with Crippen molar-refractivity contribution in [1.82, 2.24) is 4.57 Å². The fourth-order valence-corrected chi connectivity index (χ4v) is 3.41. The number of hydrogen-bond donors (Lipinski definition) is 1. The smallest absolute Gasteiger partial charge is 0.257 e. The second kappa shape index (κ2) is 8.23. The number of nitrogens with zero attached hydrogens (tertiary/aromatic N) is 2. The van der Waals surface area contributed by atoms with E-state index in [-0.39, 0.29) is 6.61 Å². The first-order valence-corrected chi connectivity index (χ1v) is 9.12. The zero-order valence-corrected chi connectivity index (χ0v) is 15.7. The number of fused-ring (bicyclic) bond motifs is 1. The van der Waals surface area contributed by atoms with E-state index in [4.69, 9.17) is 9.47 Å². The Kier molecular flexibility index (Phi) is 5.78. The van der Waals surface area contributed by atoms with Crippen LogP contribution in [0.5, 0.6) is 11.5 Å². The Hall–Kier alpha value is -2.53. The van der Waals surface area contributed by atoms with Crippen molar-refractivity contribution in [2.75, 3.05) is 13.7 Å². The van der Waals surface area contributed by atoms with Crippen molar-refractivity contribution in [3.05, 3.63) is 54.4 Å². The summed E-state index contributed by atoms with van der Waals surface area (Å²) in [5.41, 5.74) is 2.35. The quantitative estimate of drug-likeness (QED) is 0.632. The minimum atomic E-state index is -0.594. The lowest BCUT2D eigenvalue weighted by Crippen LogP contribution is -2.44. The zero-order valence-electron chi connectivity index (χ0n) is 15.7. The second-order valence-corrected chi connectivity index (χ2v) is 6.25. The molecular weight excluding hydrogens is 328 g/mol. The molecule has 5 nitrogen and oxygen atoms in total. The maximum Gasteiger partial charge on any atom is 0.257 e. The Balaban J connectivity index is 1.75. The molecule has 0 fully saturated rings. The summed E-state index contributed by atoms with van der Waals surface area (Å²) in [6.07, 6.45) is 0.317. The molecule has 0 amide bonds. The lowest BCUT2D eigenvalue weighted by molar-refractivity contribution is -0.686. The first kappa shape index (κ1) is 18.3. The van der Waals surface area contributed by atoms with Crippen LogP contribution in [-0.2, 0) is 19.5 Å². The maximum atomic E-state index is 10.5. The highest BCUT2D eigenvalue weighted by Crippen LogP contribution is 2.18. The minimum absolute atomic E-state index is 0.244. The molecule has 26 heavy (non-hydrogen) atoms. The number of aryl methyl sites for hydroxylation is 1. The number of aliphatic hydroxyl groups excluding tert-OH is 1. The highest BCUT2D eigenvalue weighted by Gasteiger charge is 2.24. The van der Waals surface area contributed by atoms with E-state index in [1.54, 1.807) is 7.11 Å². The Bertz CT molecular complexity index is 856. The molecule has 3 rings (SSSR count). The van der Waals surface area contributed by atoms with E-state index in [0.717, 1.165) is 30.0 Å². The molecule has 0 bridgehead atoms. The van der Waals surface area contributed by atoms with Crippen molar-refractivity contribution in [3.8, 4) is 11.5 Å². The standard InChI is InChI=1S/C21H27N2O3/c1-4-21-22(5-2)19-8-6-7-9-20(19)23(21)14-16(24)15-26-18-12-10-17(25-3)11-13-18/h6-13,16,24H,4-5,14-15H2,1-3H3/q+1/t16-/m0/s1. The molecule has 138 valence electrons. The summed E-state index contributed by atoms with van der Waals surface area (Å²) in [6.45, 7) is 5.96. The average Bonchev–Trinajstić information content (AvgIpc) is 2.99. The molecule has 5 heteroatoms. The number of imidazole rings is 1. The lowest BCUT2D eigenvalue weighted by Gasteiger charge is -2.12. The molecule has 3 aromatic rings. The van der Waals surface area contributed by atoms with Gasteiger partial charge in [-0.15, -0.1) is 0 Å². The molecule has 1 atom stereocenters. The summed E-state index contributed by atoms with van der Waals surface area (Å²) in [5, 5.41) is 10.5. The number of benzene rings is 2. The van der Waals surface area contributed by atoms with Gasteiger partial charge >= 0.3 is 0 Å². The molecule has 2 aromatic carbocycles. The van der Waals surface area contributed by atoms with Crippen LogP contribution in [-0.4, -0.2) is 29.5 Å². The fourth-order valence-electron chi connectivity index (χ4n) is 3.41. The lowest BCUT2D eigenvalue weighted by atomic mass is 10.3. The van der Waals surface area contributed by atoms with Crippen LogP contribution in [0.2, 0.25) is 0 Å². The van der Waals surface area contributed by atoms with Crippen LogP contribution >= 0.6 is 0 Å². The number of aliphatic hydroxyl groups is 1. The van der Waals surface area contributed by atoms with Crippen molar-refractivity contribution in [1.29, 1.82) is 0 Å². The zero-order chi connectivity index (χ0) is 18.5. The minimum Gasteiger partial charge on any atom is -0.497 e. The summed E-state index contributed by atoms with van der Waals surface area (Å²) < 4.78 is 15.4. The SMILES string of the molecule is CCc1n(CC)c2ccccc2[n+]1C[C@H](O)COc1ccc(OC)cc1. The molecule has 0 aliphatic rings. The van der Waals surface area contributed by atoms with Gasteiger partial charge in [-0.2, -0.15) is 0 Å². The topological polar surface area (TPSA) is 47.5 Å². The summed E-state index contributed by atoms with van der Waals surface area (Å²) in [5.74, 6) is 2.73. The van der Waals surface area contributed by atoms with E-state index < -0.39 is 6.10 Å². The highest BCUT2D eigenvalue weighted by atomic mass is 16.5. The van der Waals surface area contributed by atoms with Gasteiger partial charge in [0.2, 0.25) is 0 Å². The maximum absolute atomic E-state index is 10.5.